The first-order chi connectivity index (χ1) is 14.2. The van der Waals surface area contributed by atoms with Gasteiger partial charge in [0.1, 0.15) is 23.1 Å². The quantitative estimate of drug-likeness (QED) is 0.747. The van der Waals surface area contributed by atoms with Crippen LogP contribution in [0.5, 0.6) is 11.5 Å². The molecule has 1 unspecified atom stereocenters. The van der Waals surface area contributed by atoms with Crippen molar-refractivity contribution in [1.82, 2.24) is 19.7 Å². The van der Waals surface area contributed by atoms with Crippen molar-refractivity contribution in [3.63, 3.8) is 0 Å². The number of rotatable bonds is 6. The molecule has 1 atom stereocenters. The van der Waals surface area contributed by atoms with E-state index in [4.69, 9.17) is 9.47 Å². The van der Waals surface area contributed by atoms with E-state index in [9.17, 15) is 4.79 Å². The van der Waals surface area contributed by atoms with Crippen LogP contribution in [0.1, 0.15) is 56.6 Å². The Morgan fingerprint density at radius 1 is 1.03 bits per heavy atom. The molecule has 3 heterocycles. The first-order valence-electron chi connectivity index (χ1n) is 10.8. The third-order valence-corrected chi connectivity index (χ3v) is 5.77. The van der Waals surface area contributed by atoms with E-state index in [0.717, 1.165) is 49.8 Å². The summed E-state index contributed by atoms with van der Waals surface area (Å²) in [7, 11) is 0. The van der Waals surface area contributed by atoms with Crippen LogP contribution >= 0.6 is 0 Å². The van der Waals surface area contributed by atoms with E-state index in [-0.39, 0.29) is 18.4 Å². The molecule has 29 heavy (non-hydrogen) atoms. The zero-order valence-corrected chi connectivity index (χ0v) is 17.2. The predicted octanol–water partition coefficient (Wildman–Crippen LogP) is 3.19. The highest BCUT2D eigenvalue weighted by molar-refractivity contribution is 5.78. The number of fused-ring (bicyclic) bond motifs is 1. The molecular weight excluding hydrogens is 368 g/mol. The number of carbonyl (C=O) groups excluding carboxylic acids is 1. The van der Waals surface area contributed by atoms with E-state index >= 15 is 0 Å². The summed E-state index contributed by atoms with van der Waals surface area (Å²) in [5.74, 6) is 3.94. The maximum absolute atomic E-state index is 12.7. The van der Waals surface area contributed by atoms with Crippen LogP contribution in [0, 0.1) is 0 Å². The Balaban J connectivity index is 1.34. The van der Waals surface area contributed by atoms with Crippen molar-refractivity contribution in [1.29, 1.82) is 0 Å². The summed E-state index contributed by atoms with van der Waals surface area (Å²) in [5.41, 5.74) is 0. The lowest BCUT2D eigenvalue weighted by molar-refractivity contribution is -0.134. The second-order valence-electron chi connectivity index (χ2n) is 7.81. The number of piperidine rings is 1. The van der Waals surface area contributed by atoms with Crippen molar-refractivity contribution in [2.45, 2.75) is 57.9 Å². The first-order valence-corrected chi connectivity index (χ1v) is 10.8. The average molecular weight is 399 g/mol. The Labute approximate surface area is 172 Å². The average Bonchev–Trinajstić information content (AvgIpc) is 3.01. The maximum Gasteiger partial charge on any atom is 0.260 e. The molecule has 2 aromatic rings. The number of hydrogen-bond acceptors (Lipinski definition) is 5. The van der Waals surface area contributed by atoms with Crippen molar-refractivity contribution in [2.24, 2.45) is 0 Å². The van der Waals surface area contributed by atoms with Crippen LogP contribution in [0.3, 0.4) is 0 Å². The van der Waals surface area contributed by atoms with Crippen molar-refractivity contribution >= 4 is 5.91 Å². The number of hydrogen-bond donors (Lipinski definition) is 0. The molecule has 2 aliphatic rings. The van der Waals surface area contributed by atoms with Gasteiger partial charge < -0.3 is 18.9 Å². The summed E-state index contributed by atoms with van der Waals surface area (Å²) in [6.45, 7) is 5.12. The lowest BCUT2D eigenvalue weighted by Gasteiger charge is -2.32. The van der Waals surface area contributed by atoms with Crippen LogP contribution in [-0.4, -0.2) is 51.9 Å². The summed E-state index contributed by atoms with van der Waals surface area (Å²) < 4.78 is 13.4. The molecule has 0 spiro atoms. The van der Waals surface area contributed by atoms with Gasteiger partial charge in [-0.3, -0.25) is 4.79 Å². The molecule has 1 aromatic heterocycles. The molecule has 1 saturated heterocycles. The van der Waals surface area contributed by atoms with E-state index in [0.29, 0.717) is 18.9 Å². The molecule has 1 fully saturated rings. The second kappa shape index (κ2) is 9.29. The molecule has 1 amide bonds. The number of amides is 1. The van der Waals surface area contributed by atoms with Gasteiger partial charge >= 0.3 is 0 Å². The van der Waals surface area contributed by atoms with Crippen molar-refractivity contribution in [2.75, 3.05) is 26.3 Å². The fourth-order valence-electron chi connectivity index (χ4n) is 4.26. The number of aryl methyl sites for hydroxylation is 1. The second-order valence-corrected chi connectivity index (χ2v) is 7.81. The lowest BCUT2D eigenvalue weighted by atomic mass is 9.97. The highest BCUT2D eigenvalue weighted by Crippen LogP contribution is 2.28. The molecule has 7 nitrogen and oxygen atoms in total. The lowest BCUT2D eigenvalue weighted by Crippen LogP contribution is -2.42. The molecule has 0 N–H and O–H groups in total. The van der Waals surface area contributed by atoms with E-state index in [1.54, 1.807) is 0 Å². The normalized spacial score (nSPS) is 19.3. The monoisotopic (exact) mass is 398 g/mol. The zero-order chi connectivity index (χ0) is 20.1. The van der Waals surface area contributed by atoms with Crippen LogP contribution in [-0.2, 0) is 17.8 Å². The third-order valence-electron chi connectivity index (χ3n) is 5.77. The minimum Gasteiger partial charge on any atom is -0.494 e. The summed E-state index contributed by atoms with van der Waals surface area (Å²) in [4.78, 5) is 14.7. The predicted molar refractivity (Wildman–Crippen MR) is 109 cm³/mol. The van der Waals surface area contributed by atoms with Gasteiger partial charge in [-0.1, -0.05) is 6.42 Å². The Kier molecular flexibility index (Phi) is 6.32. The van der Waals surface area contributed by atoms with Crippen LogP contribution in [0.15, 0.2) is 24.3 Å². The minimum absolute atomic E-state index is 0.0270. The minimum atomic E-state index is 0.0270. The van der Waals surface area contributed by atoms with Gasteiger partial charge in [-0.15, -0.1) is 10.2 Å². The first kappa shape index (κ1) is 19.7. The molecule has 0 radical (unpaired) electrons. The number of aromatic nitrogens is 3. The van der Waals surface area contributed by atoms with E-state index in [1.165, 1.54) is 19.3 Å². The number of nitrogens with zero attached hydrogens (tertiary/aromatic N) is 4. The largest absolute Gasteiger partial charge is 0.494 e. The molecule has 2 aliphatic heterocycles. The third kappa shape index (κ3) is 4.71. The molecule has 1 aromatic carbocycles. The van der Waals surface area contributed by atoms with Crippen molar-refractivity contribution < 1.29 is 14.3 Å². The Morgan fingerprint density at radius 2 is 1.83 bits per heavy atom. The Bertz CT molecular complexity index is 818. The molecule has 0 bridgehead atoms. The molecular formula is C22H30N4O3. The standard InChI is InChI=1S/C22H30N4O3/c1-2-28-18-9-11-19(12-10-18)29-16-21(27)25-13-6-7-17(15-25)22-24-23-20-8-4-3-5-14-26(20)22/h9-12,17H,2-8,13-16H2,1H3. The van der Waals surface area contributed by atoms with Crippen LogP contribution < -0.4 is 9.47 Å². The van der Waals surface area contributed by atoms with Crippen molar-refractivity contribution in [3.05, 3.63) is 35.9 Å². The number of likely N-dealkylation sites (tertiary alicyclic amines) is 1. The number of ether oxygens (including phenoxy) is 2. The topological polar surface area (TPSA) is 69.5 Å². The van der Waals surface area contributed by atoms with E-state index in [1.807, 2.05) is 36.1 Å². The number of carbonyl (C=O) groups is 1. The van der Waals surface area contributed by atoms with Crippen molar-refractivity contribution in [3.8, 4) is 11.5 Å². The summed E-state index contributed by atoms with van der Waals surface area (Å²) in [5, 5.41) is 8.94. The molecule has 0 aliphatic carbocycles. The summed E-state index contributed by atoms with van der Waals surface area (Å²) in [6.07, 6.45) is 6.68. The summed E-state index contributed by atoms with van der Waals surface area (Å²) >= 11 is 0. The molecule has 0 saturated carbocycles. The van der Waals surface area contributed by atoms with Crippen LogP contribution in [0.2, 0.25) is 0 Å². The SMILES string of the molecule is CCOc1ccc(OCC(=O)N2CCCC(c3nnc4n3CCCCC4)C2)cc1. The van der Waals surface area contributed by atoms with E-state index < -0.39 is 0 Å². The fourth-order valence-corrected chi connectivity index (χ4v) is 4.26. The van der Waals surface area contributed by atoms with Gasteiger partial charge in [0.25, 0.3) is 5.91 Å². The Hall–Kier alpha value is -2.57. The van der Waals surface area contributed by atoms with E-state index in [2.05, 4.69) is 14.8 Å². The summed E-state index contributed by atoms with van der Waals surface area (Å²) in [6, 6.07) is 7.39. The zero-order valence-electron chi connectivity index (χ0n) is 17.2. The van der Waals surface area contributed by atoms with Gasteiger partial charge in [0, 0.05) is 32.0 Å². The molecule has 4 rings (SSSR count). The van der Waals surface area contributed by atoms with Gasteiger partial charge in [0.05, 0.1) is 6.61 Å². The maximum atomic E-state index is 12.7. The fraction of sp³-hybridized carbons (Fsp3) is 0.591. The van der Waals surface area contributed by atoms with Gasteiger partial charge in [0.15, 0.2) is 6.61 Å². The Morgan fingerprint density at radius 3 is 2.62 bits per heavy atom. The molecule has 156 valence electrons. The van der Waals surface area contributed by atoms with Gasteiger partial charge in [0.2, 0.25) is 0 Å². The van der Waals surface area contributed by atoms with Gasteiger partial charge in [-0.25, -0.2) is 0 Å². The smallest absolute Gasteiger partial charge is 0.260 e. The van der Waals surface area contributed by atoms with Gasteiger partial charge in [-0.05, 0) is 56.9 Å². The number of benzene rings is 1. The van der Waals surface area contributed by atoms with Crippen LogP contribution in [0.4, 0.5) is 0 Å². The van der Waals surface area contributed by atoms with Crippen LogP contribution in [0.25, 0.3) is 0 Å². The highest BCUT2D eigenvalue weighted by atomic mass is 16.5. The van der Waals surface area contributed by atoms with Gasteiger partial charge in [-0.2, -0.15) is 0 Å². The highest BCUT2D eigenvalue weighted by Gasteiger charge is 2.29. The molecule has 7 heteroatoms.